The topological polar surface area (TPSA) is 90.5 Å². The lowest BCUT2D eigenvalue weighted by molar-refractivity contribution is 0.666. The third-order valence-electron chi connectivity index (χ3n) is 16.5. The fourth-order valence-corrected chi connectivity index (χ4v) is 12.7. The quantitative estimate of drug-likeness (QED) is 0.157. The lowest BCUT2D eigenvalue weighted by Gasteiger charge is -2.07. The highest BCUT2D eigenvalue weighted by atomic mass is 32.1. The fraction of sp³-hybridized carbons (Fsp3) is 0.0769. The molecule has 0 saturated carbocycles. The summed E-state index contributed by atoms with van der Waals surface area (Å²) in [6.45, 7) is 14.5. The van der Waals surface area contributed by atoms with Crippen LogP contribution in [0.25, 0.3) is 121 Å². The molecular weight excluding hydrogens is 1230 g/mol. The second-order valence-electron chi connectivity index (χ2n) is 24.2. The molecular formula is C91H76N6OS. The second-order valence-corrected chi connectivity index (χ2v) is 25.2. The van der Waals surface area contributed by atoms with E-state index < -0.39 is 0 Å². The zero-order valence-corrected chi connectivity index (χ0v) is 57.6. The Labute approximate surface area is 584 Å². The summed E-state index contributed by atoms with van der Waals surface area (Å²) in [4.78, 5) is 27.4. The molecule has 0 amide bonds. The third-order valence-corrected chi connectivity index (χ3v) is 17.8. The van der Waals surface area contributed by atoms with Crippen molar-refractivity contribution < 1.29 is 4.42 Å². The highest BCUT2D eigenvalue weighted by Gasteiger charge is 2.11. The van der Waals surface area contributed by atoms with Crippen LogP contribution in [0.2, 0.25) is 0 Å². The summed E-state index contributed by atoms with van der Waals surface area (Å²) < 4.78 is 8.59. The molecule has 6 heterocycles. The van der Waals surface area contributed by atoms with Crippen LogP contribution in [0.15, 0.2) is 338 Å². The van der Waals surface area contributed by atoms with Crippen LogP contribution in [0.5, 0.6) is 0 Å². The minimum absolute atomic E-state index is 0.715. The van der Waals surface area contributed by atoms with Crippen LogP contribution >= 0.6 is 11.3 Å². The maximum Gasteiger partial charge on any atom is 0.163 e. The largest absolute Gasteiger partial charge is 0.456 e. The van der Waals surface area contributed by atoms with E-state index in [-0.39, 0.29) is 0 Å². The van der Waals surface area contributed by atoms with Gasteiger partial charge in [0.05, 0.1) is 28.5 Å². The summed E-state index contributed by atoms with van der Waals surface area (Å²) in [7, 11) is 0. The van der Waals surface area contributed by atoms with Crippen LogP contribution in [0.3, 0.4) is 0 Å². The predicted octanol–water partition coefficient (Wildman–Crippen LogP) is 24.6. The number of aryl methyl sites for hydroxylation is 7. The van der Waals surface area contributed by atoms with Gasteiger partial charge in [-0.25, -0.2) is 24.9 Å². The minimum atomic E-state index is 0.715. The summed E-state index contributed by atoms with van der Waals surface area (Å²) >= 11 is 1.89. The van der Waals surface area contributed by atoms with E-state index in [0.717, 1.165) is 84.5 Å². The smallest absolute Gasteiger partial charge is 0.163 e. The molecule has 6 aromatic heterocycles. The Hall–Kier alpha value is -12.1. The monoisotopic (exact) mass is 1300 g/mol. The number of furan rings is 1. The van der Waals surface area contributed by atoms with E-state index in [0.29, 0.717) is 11.6 Å². The predicted molar refractivity (Wildman–Crippen MR) is 417 cm³/mol. The number of fused-ring (bicyclic) bond motifs is 6. The van der Waals surface area contributed by atoms with Gasteiger partial charge in [0.15, 0.2) is 11.6 Å². The Bertz CT molecular complexity index is 5070. The molecule has 0 fully saturated rings. The van der Waals surface area contributed by atoms with Gasteiger partial charge in [-0.05, 0) is 126 Å². The molecule has 0 spiro atoms. The van der Waals surface area contributed by atoms with Crippen LogP contribution in [0.4, 0.5) is 0 Å². The van der Waals surface area contributed by atoms with E-state index in [2.05, 4.69) is 237 Å². The van der Waals surface area contributed by atoms with Gasteiger partial charge in [-0.2, -0.15) is 0 Å². The Kier molecular flexibility index (Phi) is 22.0. The highest BCUT2D eigenvalue weighted by Crippen LogP contribution is 2.36. The van der Waals surface area contributed by atoms with E-state index in [4.69, 9.17) is 14.4 Å². The molecule has 7 nitrogen and oxygen atoms in total. The van der Waals surface area contributed by atoms with Crippen molar-refractivity contribution in [2.45, 2.75) is 48.5 Å². The minimum Gasteiger partial charge on any atom is -0.456 e. The van der Waals surface area contributed by atoms with E-state index >= 15 is 0 Å². The number of nitrogens with zero attached hydrogens (tertiary/aromatic N) is 6. The lowest BCUT2D eigenvalue weighted by atomic mass is 10.1. The maximum absolute atomic E-state index is 5.78. The average Bonchev–Trinajstić information content (AvgIpc) is 1.67. The molecule has 0 N–H and O–H groups in total. The summed E-state index contributed by atoms with van der Waals surface area (Å²) in [6.07, 6.45) is 0. The van der Waals surface area contributed by atoms with Gasteiger partial charge in [0.1, 0.15) is 17.0 Å². The number of hydrogen-bond donors (Lipinski definition) is 0. The molecule has 17 aromatic rings. The van der Waals surface area contributed by atoms with Crippen molar-refractivity contribution in [1.82, 2.24) is 29.9 Å². The van der Waals surface area contributed by atoms with Crippen LogP contribution in [-0.4, -0.2) is 29.9 Å². The number of thiophene rings is 1. The average molecular weight is 1300 g/mol. The molecule has 11 aromatic carbocycles. The van der Waals surface area contributed by atoms with Crippen molar-refractivity contribution >= 4 is 53.4 Å². The van der Waals surface area contributed by atoms with E-state index in [1.54, 1.807) is 0 Å². The summed E-state index contributed by atoms with van der Waals surface area (Å²) in [5.41, 5.74) is 22.3. The fourth-order valence-electron chi connectivity index (χ4n) is 11.5. The number of hydrogen-bond acceptors (Lipinski definition) is 8. The Morgan fingerprint density at radius 3 is 1.18 bits per heavy atom. The molecule has 0 unspecified atom stereocenters. The lowest BCUT2D eigenvalue weighted by Crippen LogP contribution is -1.99. The molecule has 0 saturated heterocycles. The van der Waals surface area contributed by atoms with Crippen LogP contribution in [0, 0.1) is 48.5 Å². The first-order valence-electron chi connectivity index (χ1n) is 33.2. The maximum atomic E-state index is 5.78. The summed E-state index contributed by atoms with van der Waals surface area (Å²) in [5, 5.41) is 5.19. The molecule has 99 heavy (non-hydrogen) atoms. The first-order chi connectivity index (χ1) is 48.5. The van der Waals surface area contributed by atoms with Crippen LogP contribution < -0.4 is 0 Å². The van der Waals surface area contributed by atoms with Crippen molar-refractivity contribution in [1.29, 1.82) is 0 Å². The Morgan fingerprint density at radius 2 is 0.646 bits per heavy atom. The van der Waals surface area contributed by atoms with Gasteiger partial charge in [0.2, 0.25) is 0 Å². The van der Waals surface area contributed by atoms with E-state index in [9.17, 15) is 0 Å². The Balaban J connectivity index is 0.000000113. The van der Waals surface area contributed by atoms with Gasteiger partial charge in [-0.3, -0.25) is 4.98 Å². The van der Waals surface area contributed by atoms with Crippen molar-refractivity contribution in [2.75, 3.05) is 0 Å². The van der Waals surface area contributed by atoms with Gasteiger partial charge < -0.3 is 4.42 Å². The first-order valence-corrected chi connectivity index (χ1v) is 34.0. The highest BCUT2D eigenvalue weighted by molar-refractivity contribution is 7.26. The van der Waals surface area contributed by atoms with Crippen molar-refractivity contribution in [3.05, 3.63) is 373 Å². The van der Waals surface area contributed by atoms with Gasteiger partial charge in [-0.1, -0.05) is 284 Å². The van der Waals surface area contributed by atoms with Gasteiger partial charge in [-0.15, -0.1) is 11.3 Å². The molecule has 0 aliphatic heterocycles. The number of para-hydroxylation sites is 2. The molecule has 0 radical (unpaired) electrons. The molecule has 0 atom stereocenters. The first kappa shape index (κ1) is 66.9. The van der Waals surface area contributed by atoms with Crippen LogP contribution in [-0.2, 0) is 0 Å². The number of pyridine rings is 3. The van der Waals surface area contributed by atoms with Crippen molar-refractivity contribution in [3.63, 3.8) is 0 Å². The standard InChI is InChI=1S/2C18H15N.C16H13N3.C13H13N.C13H10O.C13H10S/c1-14-12-17(15-8-4-2-5-9-15)19-18(13-14)16-10-6-3-7-11-16;1-14-7-5-10-16(13-14)18-12-6-11-17(19-18)15-8-3-2-4-9-15;1-12-17-15(13-8-4-2-5-9-13)19-16(18-12)14-10-6-3-7-11-14;1-10-5-3-7-12(9-10)13-8-4-6-11(2)14-13;2*1-9-5-4-7-11-10-6-2-3-8-12(10)14-13(9)11/h2*2-13H,1H3;2-11H,1H3;3-9H,1-2H3;2*2-8H,1H3. The normalized spacial score (nSPS) is 10.6. The molecule has 0 aliphatic rings. The van der Waals surface area contributed by atoms with Gasteiger partial charge >= 0.3 is 0 Å². The van der Waals surface area contributed by atoms with Crippen molar-refractivity contribution in [2.24, 2.45) is 0 Å². The zero-order chi connectivity index (χ0) is 68.3. The van der Waals surface area contributed by atoms with Gasteiger partial charge in [0.25, 0.3) is 0 Å². The molecule has 0 bridgehead atoms. The third kappa shape index (κ3) is 17.5. The van der Waals surface area contributed by atoms with E-state index in [1.165, 1.54) is 64.3 Å². The number of aromatic nitrogens is 6. The SMILES string of the molecule is Cc1cc(-c2ccccc2)nc(-c2ccccc2)c1.Cc1cccc(-c2cccc(-c3ccccc3)n2)c1.Cc1cccc(-c2cccc(C)n2)c1.Cc1cccc2c1oc1ccccc12.Cc1cccc2c1sc1ccccc12.Cc1nc(-c2ccccc2)nc(-c2ccccc2)n1. The number of benzene rings is 11. The molecule has 482 valence electrons. The van der Waals surface area contributed by atoms with Crippen LogP contribution in [0.1, 0.15) is 39.3 Å². The molecule has 0 aliphatic carbocycles. The summed E-state index contributed by atoms with van der Waals surface area (Å²) in [5.74, 6) is 2.16. The molecule has 8 heteroatoms. The van der Waals surface area contributed by atoms with E-state index in [1.807, 2.05) is 177 Å². The number of rotatable bonds is 7. The van der Waals surface area contributed by atoms with Crippen molar-refractivity contribution in [3.8, 4) is 79.1 Å². The summed E-state index contributed by atoms with van der Waals surface area (Å²) in [6, 6.07) is 114. The van der Waals surface area contributed by atoms with Gasteiger partial charge in [0, 0.05) is 75.6 Å². The molecule has 17 rings (SSSR count). The Morgan fingerprint density at radius 1 is 0.253 bits per heavy atom. The second kappa shape index (κ2) is 32.6. The zero-order valence-electron chi connectivity index (χ0n) is 56.8.